The Morgan fingerprint density at radius 1 is 0.875 bits per heavy atom. The summed E-state index contributed by atoms with van der Waals surface area (Å²) in [5.74, 6) is 0.146. The summed E-state index contributed by atoms with van der Waals surface area (Å²) in [5, 5.41) is 2.95. The van der Waals surface area contributed by atoms with Crippen LogP contribution < -0.4 is 14.8 Å². The molecule has 0 unspecified atom stereocenters. The van der Waals surface area contributed by atoms with E-state index in [0.717, 1.165) is 35.2 Å². The van der Waals surface area contributed by atoms with Gasteiger partial charge in [0.25, 0.3) is 15.9 Å². The number of hydrogen-bond donors (Lipinski definition) is 2. The van der Waals surface area contributed by atoms with Gasteiger partial charge in [-0.1, -0.05) is 49.7 Å². The minimum Gasteiger partial charge on any atom is -0.484 e. The molecule has 0 heterocycles. The number of amides is 1. The molecule has 0 saturated carbocycles. The van der Waals surface area contributed by atoms with Gasteiger partial charge in [-0.25, -0.2) is 8.42 Å². The highest BCUT2D eigenvalue weighted by atomic mass is 32.2. The molecule has 168 valence electrons. The summed E-state index contributed by atoms with van der Waals surface area (Å²) >= 11 is 0. The molecule has 1 amide bonds. The van der Waals surface area contributed by atoms with Crippen LogP contribution in [0, 0.1) is 6.92 Å². The molecule has 0 bridgehead atoms. The summed E-state index contributed by atoms with van der Waals surface area (Å²) in [6.45, 7) is 5.85. The summed E-state index contributed by atoms with van der Waals surface area (Å²) in [4.78, 5) is 12.5. The Balaban J connectivity index is 1.61. The Bertz CT molecular complexity index is 1150. The average Bonchev–Trinajstić information content (AvgIpc) is 2.79. The maximum atomic E-state index is 12.6. The molecule has 0 aliphatic rings. The van der Waals surface area contributed by atoms with Gasteiger partial charge in [0.1, 0.15) is 5.75 Å². The lowest BCUT2D eigenvalue weighted by molar-refractivity contribution is -0.118. The summed E-state index contributed by atoms with van der Waals surface area (Å²) in [5.41, 5.74) is 4.53. The van der Waals surface area contributed by atoms with E-state index in [9.17, 15) is 13.2 Å². The molecule has 2 N–H and O–H groups in total. The largest absolute Gasteiger partial charge is 0.484 e. The molecule has 6 nitrogen and oxygen atoms in total. The van der Waals surface area contributed by atoms with E-state index in [1.807, 2.05) is 51.1 Å². The Morgan fingerprint density at radius 2 is 1.47 bits per heavy atom. The SMILES string of the molecule is CCc1cccc(CC)c1NC(=O)COc1ccc(S(=O)(=O)Nc2ccc(C)cc2)cc1. The van der Waals surface area contributed by atoms with Gasteiger partial charge in [-0.2, -0.15) is 0 Å². The molecular formula is C25H28N2O4S. The van der Waals surface area contributed by atoms with Crippen LogP contribution in [-0.4, -0.2) is 20.9 Å². The third-order valence-electron chi connectivity index (χ3n) is 5.07. The number of carbonyl (C=O) groups excluding carboxylic acids is 1. The minimum absolute atomic E-state index is 0.110. The van der Waals surface area contributed by atoms with Gasteiger partial charge in [-0.05, 0) is 67.3 Å². The molecule has 3 aromatic rings. The van der Waals surface area contributed by atoms with Gasteiger partial charge in [-0.3, -0.25) is 9.52 Å². The highest BCUT2D eigenvalue weighted by molar-refractivity contribution is 7.92. The van der Waals surface area contributed by atoms with E-state index < -0.39 is 10.0 Å². The standard InChI is InChI=1S/C25H28N2O4S/c1-4-19-7-6-8-20(5-2)25(19)26-24(28)17-31-22-13-15-23(16-14-22)32(29,30)27-21-11-9-18(3)10-12-21/h6-16,27H,4-5,17H2,1-3H3,(H,26,28). The van der Waals surface area contributed by atoms with Gasteiger partial charge in [0.05, 0.1) is 4.90 Å². The van der Waals surface area contributed by atoms with Crippen LogP contribution in [0.25, 0.3) is 0 Å². The van der Waals surface area contributed by atoms with Crippen LogP contribution in [0.3, 0.4) is 0 Å². The Labute approximate surface area is 189 Å². The molecule has 32 heavy (non-hydrogen) atoms. The van der Waals surface area contributed by atoms with Gasteiger partial charge in [-0.15, -0.1) is 0 Å². The molecule has 3 aromatic carbocycles. The smallest absolute Gasteiger partial charge is 0.262 e. The molecule has 0 fully saturated rings. The molecule has 0 aliphatic carbocycles. The van der Waals surface area contributed by atoms with E-state index in [4.69, 9.17) is 4.74 Å². The first kappa shape index (κ1) is 23.3. The van der Waals surface area contributed by atoms with Crippen molar-refractivity contribution in [3.8, 4) is 5.75 Å². The summed E-state index contributed by atoms with van der Waals surface area (Å²) in [6, 6.07) is 19.1. The molecule has 0 spiro atoms. The second-order valence-electron chi connectivity index (χ2n) is 7.44. The number of sulfonamides is 1. The van der Waals surface area contributed by atoms with Crippen molar-refractivity contribution >= 4 is 27.3 Å². The molecule has 0 aromatic heterocycles. The fourth-order valence-electron chi connectivity index (χ4n) is 3.28. The molecule has 3 rings (SSSR count). The topological polar surface area (TPSA) is 84.5 Å². The second kappa shape index (κ2) is 10.3. The Hall–Kier alpha value is -3.32. The molecule has 0 saturated heterocycles. The number of aryl methyl sites for hydroxylation is 3. The van der Waals surface area contributed by atoms with Crippen molar-refractivity contribution in [3.63, 3.8) is 0 Å². The van der Waals surface area contributed by atoms with E-state index >= 15 is 0 Å². The maximum Gasteiger partial charge on any atom is 0.262 e. The first-order chi connectivity index (χ1) is 15.3. The lowest BCUT2D eigenvalue weighted by atomic mass is 10.0. The van der Waals surface area contributed by atoms with Gasteiger partial charge >= 0.3 is 0 Å². The zero-order chi connectivity index (χ0) is 23.1. The number of benzene rings is 3. The van der Waals surface area contributed by atoms with E-state index in [-0.39, 0.29) is 17.4 Å². The van der Waals surface area contributed by atoms with Crippen LogP contribution in [0.1, 0.15) is 30.5 Å². The average molecular weight is 453 g/mol. The Kier molecular flexibility index (Phi) is 7.53. The van der Waals surface area contributed by atoms with Crippen molar-refractivity contribution in [2.75, 3.05) is 16.6 Å². The fraction of sp³-hybridized carbons (Fsp3) is 0.240. The number of ether oxygens (including phenoxy) is 1. The maximum absolute atomic E-state index is 12.6. The van der Waals surface area contributed by atoms with Crippen molar-refractivity contribution in [1.82, 2.24) is 0 Å². The third-order valence-corrected chi connectivity index (χ3v) is 6.47. The van der Waals surface area contributed by atoms with Crippen LogP contribution in [-0.2, 0) is 27.7 Å². The first-order valence-electron chi connectivity index (χ1n) is 10.6. The number of carbonyl (C=O) groups is 1. The predicted molar refractivity (Wildman–Crippen MR) is 128 cm³/mol. The van der Waals surface area contributed by atoms with Crippen molar-refractivity contribution in [3.05, 3.63) is 83.4 Å². The fourth-order valence-corrected chi connectivity index (χ4v) is 4.34. The lowest BCUT2D eigenvalue weighted by Crippen LogP contribution is -2.21. The van der Waals surface area contributed by atoms with Crippen molar-refractivity contribution in [1.29, 1.82) is 0 Å². The molecule has 0 atom stereocenters. The summed E-state index contributed by atoms with van der Waals surface area (Å²) in [7, 11) is -3.72. The van der Waals surface area contributed by atoms with Gasteiger partial charge < -0.3 is 10.1 Å². The van der Waals surface area contributed by atoms with Gasteiger partial charge in [0.2, 0.25) is 0 Å². The number of anilines is 2. The molecule has 0 radical (unpaired) electrons. The first-order valence-corrected chi connectivity index (χ1v) is 12.0. The van der Waals surface area contributed by atoms with E-state index in [1.54, 1.807) is 12.1 Å². The van der Waals surface area contributed by atoms with Crippen LogP contribution in [0.4, 0.5) is 11.4 Å². The van der Waals surface area contributed by atoms with E-state index in [0.29, 0.717) is 11.4 Å². The number of para-hydroxylation sites is 1. The van der Waals surface area contributed by atoms with Crippen LogP contribution in [0.2, 0.25) is 0 Å². The number of nitrogens with one attached hydrogen (secondary N) is 2. The minimum atomic E-state index is -3.72. The van der Waals surface area contributed by atoms with Crippen molar-refractivity contribution in [2.45, 2.75) is 38.5 Å². The van der Waals surface area contributed by atoms with Crippen LogP contribution in [0.15, 0.2) is 71.6 Å². The molecular weight excluding hydrogens is 424 g/mol. The predicted octanol–water partition coefficient (Wildman–Crippen LogP) is 4.94. The Morgan fingerprint density at radius 3 is 2.03 bits per heavy atom. The number of hydrogen-bond acceptors (Lipinski definition) is 4. The van der Waals surface area contributed by atoms with Crippen LogP contribution in [0.5, 0.6) is 5.75 Å². The zero-order valence-corrected chi connectivity index (χ0v) is 19.3. The van der Waals surface area contributed by atoms with Gasteiger partial charge in [0.15, 0.2) is 6.61 Å². The monoisotopic (exact) mass is 452 g/mol. The number of rotatable bonds is 9. The van der Waals surface area contributed by atoms with Crippen LogP contribution >= 0.6 is 0 Å². The summed E-state index contributed by atoms with van der Waals surface area (Å²) in [6.07, 6.45) is 1.63. The quantitative estimate of drug-likeness (QED) is 0.482. The lowest BCUT2D eigenvalue weighted by Gasteiger charge is -2.15. The summed E-state index contributed by atoms with van der Waals surface area (Å²) < 4.78 is 33.3. The van der Waals surface area contributed by atoms with E-state index in [1.165, 1.54) is 24.3 Å². The zero-order valence-electron chi connectivity index (χ0n) is 18.5. The molecule has 0 aliphatic heterocycles. The van der Waals surface area contributed by atoms with Crippen molar-refractivity contribution < 1.29 is 17.9 Å². The highest BCUT2D eigenvalue weighted by Gasteiger charge is 2.15. The van der Waals surface area contributed by atoms with E-state index in [2.05, 4.69) is 10.0 Å². The highest BCUT2D eigenvalue weighted by Crippen LogP contribution is 2.23. The normalized spacial score (nSPS) is 11.1. The van der Waals surface area contributed by atoms with Gasteiger partial charge in [0, 0.05) is 11.4 Å². The molecule has 7 heteroatoms. The van der Waals surface area contributed by atoms with Crippen molar-refractivity contribution in [2.24, 2.45) is 0 Å². The third kappa shape index (κ3) is 5.88. The second-order valence-corrected chi connectivity index (χ2v) is 9.12.